The maximum atomic E-state index is 13.4. The van der Waals surface area contributed by atoms with Crippen LogP contribution in [0.3, 0.4) is 0 Å². The van der Waals surface area contributed by atoms with E-state index in [9.17, 15) is 22.8 Å². The Morgan fingerprint density at radius 1 is 1.20 bits per heavy atom. The van der Waals surface area contributed by atoms with Gasteiger partial charge in [0.25, 0.3) is 21.6 Å². The van der Waals surface area contributed by atoms with Crippen LogP contribution in [0.2, 0.25) is 5.02 Å². The highest BCUT2D eigenvalue weighted by Gasteiger charge is 2.27. The Hall–Kier alpha value is -3.68. The lowest BCUT2D eigenvalue weighted by Crippen LogP contribution is -2.37. The summed E-state index contributed by atoms with van der Waals surface area (Å²) in [5.74, 6) is -1.23. The highest BCUT2D eigenvalue weighted by Crippen LogP contribution is 2.24. The van der Waals surface area contributed by atoms with Crippen LogP contribution in [0.25, 0.3) is 5.69 Å². The van der Waals surface area contributed by atoms with E-state index in [4.69, 9.17) is 20.9 Å². The zero-order valence-corrected chi connectivity index (χ0v) is 24.9. The summed E-state index contributed by atoms with van der Waals surface area (Å²) in [5.41, 5.74) is -0.0218. The zero-order chi connectivity index (χ0) is 30.4. The Balaban J connectivity index is 1.76. The van der Waals surface area contributed by atoms with Gasteiger partial charge in [-0.2, -0.15) is 8.42 Å². The van der Waals surface area contributed by atoms with Crippen LogP contribution in [0.15, 0.2) is 47.4 Å². The predicted molar refractivity (Wildman–Crippen MR) is 156 cm³/mol. The number of nitrogens with zero attached hydrogens (tertiary/aromatic N) is 3. The van der Waals surface area contributed by atoms with Gasteiger partial charge in [0.15, 0.2) is 0 Å². The van der Waals surface area contributed by atoms with E-state index in [0.717, 1.165) is 0 Å². The van der Waals surface area contributed by atoms with E-state index in [1.807, 2.05) is 0 Å². The summed E-state index contributed by atoms with van der Waals surface area (Å²) in [6.07, 6.45) is 1.40. The average Bonchev–Trinajstić information content (AvgIpc) is 3.12. The van der Waals surface area contributed by atoms with Gasteiger partial charge in [0.2, 0.25) is 11.8 Å². The first-order valence-electron chi connectivity index (χ1n) is 12.9. The summed E-state index contributed by atoms with van der Waals surface area (Å²) in [5, 5.41) is 5.77. The van der Waals surface area contributed by atoms with Gasteiger partial charge in [-0.15, -0.1) is 0 Å². The molecule has 3 N–H and O–H groups in total. The second-order valence-corrected chi connectivity index (χ2v) is 12.2. The zero-order valence-electron chi connectivity index (χ0n) is 23.3. The first kappa shape index (κ1) is 31.8. The van der Waals surface area contributed by atoms with Gasteiger partial charge in [-0.1, -0.05) is 43.6 Å². The van der Waals surface area contributed by atoms with Crippen LogP contribution in [-0.2, 0) is 21.5 Å². The number of carbonyl (C=O) groups excluding carboxylic acids is 2. The number of hydrogen-bond donors (Lipinski definition) is 3. The van der Waals surface area contributed by atoms with Crippen molar-refractivity contribution in [2.45, 2.75) is 47.1 Å². The monoisotopic (exact) mass is 607 g/mol. The van der Waals surface area contributed by atoms with Crippen molar-refractivity contribution in [1.29, 1.82) is 0 Å². The molecule has 0 radical (unpaired) electrons. The SMILES string of the molecule is CCOc1ncc(Cl)cc1C(=O)NCC(C)(C)CC(=O)Nc1c(C)n(CCCS(=O)(=O)O)n(-c2ccccc2)c1=O. The lowest BCUT2D eigenvalue weighted by atomic mass is 9.88. The molecule has 0 fully saturated rings. The number of aromatic nitrogens is 3. The van der Waals surface area contributed by atoms with E-state index < -0.39 is 38.7 Å². The number of anilines is 1. The van der Waals surface area contributed by atoms with Gasteiger partial charge in [0, 0.05) is 25.7 Å². The van der Waals surface area contributed by atoms with Gasteiger partial charge >= 0.3 is 0 Å². The lowest BCUT2D eigenvalue weighted by Gasteiger charge is -2.24. The number of nitrogens with one attached hydrogen (secondary N) is 2. The van der Waals surface area contributed by atoms with Crippen LogP contribution in [0, 0.1) is 12.3 Å². The third-order valence-corrected chi connectivity index (χ3v) is 7.16. The second kappa shape index (κ2) is 13.3. The fourth-order valence-electron chi connectivity index (χ4n) is 4.22. The van der Waals surface area contributed by atoms with Crippen LogP contribution in [0.1, 0.15) is 49.7 Å². The first-order valence-corrected chi connectivity index (χ1v) is 14.9. The molecule has 1 aromatic carbocycles. The minimum Gasteiger partial charge on any atom is -0.477 e. The molecule has 0 aliphatic rings. The molecular formula is C27H34ClN5O7S. The lowest BCUT2D eigenvalue weighted by molar-refractivity contribution is -0.118. The molecule has 0 aliphatic carbocycles. The Morgan fingerprint density at radius 2 is 1.88 bits per heavy atom. The molecule has 2 aromatic heterocycles. The van der Waals surface area contributed by atoms with Crippen LogP contribution < -0.4 is 20.9 Å². The summed E-state index contributed by atoms with van der Waals surface area (Å²) in [7, 11) is -4.18. The largest absolute Gasteiger partial charge is 0.477 e. The van der Waals surface area contributed by atoms with Gasteiger partial charge in [-0.05, 0) is 43.9 Å². The molecule has 3 aromatic rings. The number of hydrogen-bond acceptors (Lipinski definition) is 7. The molecular weight excluding hydrogens is 574 g/mol. The number of pyridine rings is 1. The number of halogens is 1. The van der Waals surface area contributed by atoms with Crippen molar-refractivity contribution in [2.24, 2.45) is 5.41 Å². The van der Waals surface area contributed by atoms with Gasteiger partial charge in [0.05, 0.1) is 28.8 Å². The molecule has 0 aliphatic heterocycles. The normalized spacial score (nSPS) is 11.8. The van der Waals surface area contributed by atoms with Crippen LogP contribution in [0.4, 0.5) is 5.69 Å². The fourth-order valence-corrected chi connectivity index (χ4v) is 4.87. The van der Waals surface area contributed by atoms with Crippen LogP contribution in [-0.4, -0.2) is 58.0 Å². The molecule has 14 heteroatoms. The number of carbonyl (C=O) groups is 2. The Bertz CT molecular complexity index is 1570. The van der Waals surface area contributed by atoms with Gasteiger partial charge < -0.3 is 15.4 Å². The molecule has 222 valence electrons. The molecule has 0 bridgehead atoms. The molecule has 0 spiro atoms. The van der Waals surface area contributed by atoms with Crippen molar-refractivity contribution >= 4 is 39.2 Å². The maximum Gasteiger partial charge on any atom is 0.295 e. The predicted octanol–water partition coefficient (Wildman–Crippen LogP) is 3.46. The third kappa shape index (κ3) is 8.65. The van der Waals surface area contributed by atoms with Crippen molar-refractivity contribution in [3.63, 3.8) is 0 Å². The quantitative estimate of drug-likeness (QED) is 0.249. The van der Waals surface area contributed by atoms with E-state index in [-0.39, 0.29) is 48.1 Å². The highest BCUT2D eigenvalue weighted by molar-refractivity contribution is 7.85. The van der Waals surface area contributed by atoms with E-state index in [2.05, 4.69) is 15.6 Å². The molecule has 3 rings (SSSR count). The molecule has 2 heterocycles. The first-order chi connectivity index (χ1) is 19.2. The number of para-hydroxylation sites is 1. The molecule has 2 amide bonds. The van der Waals surface area contributed by atoms with Crippen molar-refractivity contribution in [2.75, 3.05) is 24.2 Å². The Labute approximate surface area is 243 Å². The van der Waals surface area contributed by atoms with Crippen molar-refractivity contribution < 1.29 is 27.3 Å². The van der Waals surface area contributed by atoms with E-state index in [0.29, 0.717) is 18.0 Å². The van der Waals surface area contributed by atoms with Crippen molar-refractivity contribution in [3.8, 4) is 11.6 Å². The highest BCUT2D eigenvalue weighted by atomic mass is 35.5. The van der Waals surface area contributed by atoms with Gasteiger partial charge in [-0.3, -0.25) is 23.6 Å². The van der Waals surface area contributed by atoms with Crippen LogP contribution >= 0.6 is 11.6 Å². The summed E-state index contributed by atoms with van der Waals surface area (Å²) in [6, 6.07) is 10.2. The molecule has 0 unspecified atom stereocenters. The Morgan fingerprint density at radius 3 is 2.51 bits per heavy atom. The Kier molecular flexibility index (Phi) is 10.3. The van der Waals surface area contributed by atoms with Crippen LogP contribution in [0.5, 0.6) is 5.88 Å². The number of benzene rings is 1. The standard InChI is InChI=1S/C27H34ClN5O7S/c1-5-40-25-21(14-19(28)16-29-25)24(35)30-17-27(3,4)15-22(34)31-23-18(2)32(12-9-13-41(37,38)39)33(26(23)36)20-10-7-6-8-11-20/h6-8,10-11,14,16H,5,9,12-13,15,17H2,1-4H3,(H,30,35)(H,31,34)(H,37,38,39). The number of ether oxygens (including phenoxy) is 1. The van der Waals surface area contributed by atoms with Crippen molar-refractivity contribution in [1.82, 2.24) is 19.7 Å². The summed E-state index contributed by atoms with van der Waals surface area (Å²) >= 11 is 6.00. The molecule has 41 heavy (non-hydrogen) atoms. The average molecular weight is 608 g/mol. The molecule has 0 atom stereocenters. The van der Waals surface area contributed by atoms with E-state index in [1.54, 1.807) is 62.7 Å². The fraction of sp³-hybridized carbons (Fsp3) is 0.407. The summed E-state index contributed by atoms with van der Waals surface area (Å²) in [6.45, 7) is 7.54. The maximum absolute atomic E-state index is 13.4. The topological polar surface area (TPSA) is 162 Å². The summed E-state index contributed by atoms with van der Waals surface area (Å²) in [4.78, 5) is 43.4. The minimum atomic E-state index is -4.18. The molecule has 0 saturated carbocycles. The smallest absolute Gasteiger partial charge is 0.295 e. The molecule has 12 nitrogen and oxygen atoms in total. The van der Waals surface area contributed by atoms with Gasteiger partial charge in [0.1, 0.15) is 11.3 Å². The number of rotatable bonds is 13. The minimum absolute atomic E-state index is 0.0302. The summed E-state index contributed by atoms with van der Waals surface area (Å²) < 4.78 is 39.9. The third-order valence-electron chi connectivity index (χ3n) is 6.14. The molecule has 0 saturated heterocycles. The van der Waals surface area contributed by atoms with E-state index >= 15 is 0 Å². The van der Waals surface area contributed by atoms with Gasteiger partial charge in [-0.25, -0.2) is 9.67 Å². The number of amides is 2. The van der Waals surface area contributed by atoms with Crippen molar-refractivity contribution in [3.05, 3.63) is 69.2 Å². The second-order valence-electron chi connectivity index (χ2n) is 10.2. The van der Waals surface area contributed by atoms with E-state index in [1.165, 1.54) is 16.9 Å².